The van der Waals surface area contributed by atoms with Gasteiger partial charge >= 0.3 is 5.97 Å². The van der Waals surface area contributed by atoms with Crippen LogP contribution in [-0.4, -0.2) is 37.1 Å². The van der Waals surface area contributed by atoms with Gasteiger partial charge in [0.05, 0.1) is 25.3 Å². The molecule has 28 heavy (non-hydrogen) atoms. The number of fused-ring (bicyclic) bond motifs is 6. The molecule has 3 aromatic carbocycles. The maximum atomic E-state index is 12.1. The Hall–Kier alpha value is -3.74. The topological polar surface area (TPSA) is 87.1 Å². The van der Waals surface area contributed by atoms with Crippen LogP contribution in [0.15, 0.2) is 36.5 Å². The van der Waals surface area contributed by atoms with Gasteiger partial charge in [-0.3, -0.25) is 4.98 Å². The minimum Gasteiger partial charge on any atom is -0.493 e. The van der Waals surface area contributed by atoms with Crippen LogP contribution in [0.2, 0.25) is 0 Å². The minimum atomic E-state index is -1.02. The average molecular weight is 377 g/mol. The fraction of sp³-hybridized carbons (Fsp3) is 0.143. The van der Waals surface area contributed by atoms with Crippen molar-refractivity contribution in [3.05, 3.63) is 42.1 Å². The lowest BCUT2D eigenvalue weighted by Gasteiger charge is -2.14. The molecule has 1 aliphatic rings. The molecule has 0 bridgehead atoms. The second-order valence-corrected chi connectivity index (χ2v) is 6.43. The van der Waals surface area contributed by atoms with Crippen LogP contribution < -0.4 is 18.9 Å². The molecule has 1 aliphatic heterocycles. The van der Waals surface area contributed by atoms with E-state index in [1.807, 2.05) is 6.07 Å². The predicted molar refractivity (Wildman–Crippen MR) is 103 cm³/mol. The third-order valence-electron chi connectivity index (χ3n) is 5.01. The zero-order valence-corrected chi connectivity index (χ0v) is 15.1. The van der Waals surface area contributed by atoms with Crippen molar-refractivity contribution in [1.82, 2.24) is 4.98 Å². The number of carboxylic acids is 1. The van der Waals surface area contributed by atoms with Gasteiger partial charge < -0.3 is 24.1 Å². The van der Waals surface area contributed by atoms with Gasteiger partial charge in [-0.2, -0.15) is 0 Å². The summed E-state index contributed by atoms with van der Waals surface area (Å²) in [5, 5.41) is 13.4. The molecular weight excluding hydrogens is 362 g/mol. The highest BCUT2D eigenvalue weighted by Crippen LogP contribution is 2.42. The quantitative estimate of drug-likeness (QED) is 0.540. The number of aromatic nitrogens is 1. The number of rotatable bonds is 3. The lowest BCUT2D eigenvalue weighted by molar-refractivity contribution is 0.0699. The minimum absolute atomic E-state index is 0.134. The molecule has 7 heteroatoms. The summed E-state index contributed by atoms with van der Waals surface area (Å²) in [6, 6.07) is 8.80. The predicted octanol–water partition coefficient (Wildman–Crippen LogP) is 3.99. The first-order valence-electron chi connectivity index (χ1n) is 8.55. The van der Waals surface area contributed by atoms with Gasteiger partial charge in [0.2, 0.25) is 6.79 Å². The lowest BCUT2D eigenvalue weighted by atomic mass is 9.95. The first kappa shape index (κ1) is 16.4. The number of benzene rings is 3. The molecule has 0 unspecified atom stereocenters. The first-order valence-corrected chi connectivity index (χ1v) is 8.55. The normalized spacial score (nSPS) is 12.6. The Kier molecular flexibility index (Phi) is 3.45. The van der Waals surface area contributed by atoms with E-state index in [1.54, 1.807) is 44.7 Å². The first-order chi connectivity index (χ1) is 13.6. The summed E-state index contributed by atoms with van der Waals surface area (Å²) in [4.78, 5) is 16.6. The Bertz CT molecular complexity index is 1300. The lowest BCUT2D eigenvalue weighted by Crippen LogP contribution is -2.00. The van der Waals surface area contributed by atoms with E-state index in [0.29, 0.717) is 44.7 Å². The number of hydrogen-bond donors (Lipinski definition) is 1. The van der Waals surface area contributed by atoms with E-state index in [0.717, 1.165) is 10.8 Å². The summed E-state index contributed by atoms with van der Waals surface area (Å²) in [6.45, 7) is 0.134. The summed E-state index contributed by atoms with van der Waals surface area (Å²) in [5.41, 5.74) is 0.820. The molecule has 0 radical (unpaired) electrons. The molecule has 0 spiro atoms. The molecule has 1 aromatic heterocycles. The Morgan fingerprint density at radius 1 is 0.964 bits per heavy atom. The zero-order chi connectivity index (χ0) is 19.4. The Morgan fingerprint density at radius 2 is 1.68 bits per heavy atom. The number of carboxylic acid groups (broad SMARTS) is 1. The fourth-order valence-corrected chi connectivity index (χ4v) is 3.72. The van der Waals surface area contributed by atoms with Gasteiger partial charge in [0.1, 0.15) is 0 Å². The highest BCUT2D eigenvalue weighted by molar-refractivity contribution is 6.23. The number of methoxy groups -OCH3 is 2. The van der Waals surface area contributed by atoms with Crippen LogP contribution in [0.25, 0.3) is 32.4 Å². The molecule has 140 valence electrons. The Balaban J connectivity index is 1.98. The number of ether oxygens (including phenoxy) is 4. The summed E-state index contributed by atoms with van der Waals surface area (Å²) in [7, 11) is 3.10. The van der Waals surface area contributed by atoms with Crippen LogP contribution in [0.4, 0.5) is 0 Å². The molecule has 0 saturated carbocycles. The molecule has 0 saturated heterocycles. The van der Waals surface area contributed by atoms with Gasteiger partial charge in [0.25, 0.3) is 0 Å². The Labute approximate surface area is 159 Å². The molecule has 0 amide bonds. The maximum absolute atomic E-state index is 12.1. The number of aromatic carboxylic acids is 1. The highest BCUT2D eigenvalue weighted by atomic mass is 16.7. The monoisotopic (exact) mass is 377 g/mol. The molecule has 7 nitrogen and oxygen atoms in total. The van der Waals surface area contributed by atoms with Crippen LogP contribution in [0, 0.1) is 0 Å². The third kappa shape index (κ3) is 2.22. The highest BCUT2D eigenvalue weighted by Gasteiger charge is 2.21. The van der Waals surface area contributed by atoms with E-state index >= 15 is 0 Å². The summed E-state index contributed by atoms with van der Waals surface area (Å²) < 4.78 is 21.7. The van der Waals surface area contributed by atoms with Crippen LogP contribution in [0.3, 0.4) is 0 Å². The van der Waals surface area contributed by atoms with E-state index in [-0.39, 0.29) is 12.4 Å². The number of pyridine rings is 1. The van der Waals surface area contributed by atoms with Gasteiger partial charge in [-0.05, 0) is 35.0 Å². The van der Waals surface area contributed by atoms with E-state index < -0.39 is 5.97 Å². The van der Waals surface area contributed by atoms with Crippen molar-refractivity contribution in [2.45, 2.75) is 0 Å². The zero-order valence-electron chi connectivity index (χ0n) is 15.1. The largest absolute Gasteiger partial charge is 0.493 e. The fourth-order valence-electron chi connectivity index (χ4n) is 3.72. The maximum Gasteiger partial charge on any atom is 0.336 e. The van der Waals surface area contributed by atoms with Gasteiger partial charge in [-0.1, -0.05) is 0 Å². The second kappa shape index (κ2) is 5.88. The smallest absolute Gasteiger partial charge is 0.336 e. The van der Waals surface area contributed by atoms with Gasteiger partial charge in [-0.25, -0.2) is 4.79 Å². The van der Waals surface area contributed by atoms with E-state index in [9.17, 15) is 9.90 Å². The molecule has 0 fully saturated rings. The summed E-state index contributed by atoms with van der Waals surface area (Å²) in [6.07, 6.45) is 1.68. The van der Waals surface area contributed by atoms with Crippen molar-refractivity contribution in [2.24, 2.45) is 0 Å². The van der Waals surface area contributed by atoms with Crippen molar-refractivity contribution in [2.75, 3.05) is 21.0 Å². The van der Waals surface area contributed by atoms with E-state index in [1.165, 1.54) is 0 Å². The van der Waals surface area contributed by atoms with Crippen molar-refractivity contribution >= 4 is 38.4 Å². The van der Waals surface area contributed by atoms with Crippen molar-refractivity contribution in [3.8, 4) is 23.0 Å². The van der Waals surface area contributed by atoms with Crippen LogP contribution in [-0.2, 0) is 0 Å². The number of nitrogens with zero attached hydrogens (tertiary/aromatic N) is 1. The SMILES string of the molecule is COc1cc2cc(C(=O)O)c3c4cc5c(cc4ncc3c2cc1OC)OCO5. The molecule has 5 rings (SSSR count). The third-order valence-corrected chi connectivity index (χ3v) is 5.01. The van der Waals surface area contributed by atoms with Gasteiger partial charge in [0.15, 0.2) is 23.0 Å². The average Bonchev–Trinajstić information content (AvgIpc) is 3.17. The molecule has 0 aliphatic carbocycles. The van der Waals surface area contributed by atoms with Crippen molar-refractivity contribution in [3.63, 3.8) is 0 Å². The van der Waals surface area contributed by atoms with Crippen LogP contribution >= 0.6 is 0 Å². The number of hydrogen-bond acceptors (Lipinski definition) is 6. The van der Waals surface area contributed by atoms with Crippen LogP contribution in [0.5, 0.6) is 23.0 Å². The van der Waals surface area contributed by atoms with E-state index in [4.69, 9.17) is 18.9 Å². The van der Waals surface area contributed by atoms with Gasteiger partial charge in [0, 0.05) is 28.4 Å². The van der Waals surface area contributed by atoms with Crippen molar-refractivity contribution in [1.29, 1.82) is 0 Å². The van der Waals surface area contributed by atoms with Crippen molar-refractivity contribution < 1.29 is 28.8 Å². The Morgan fingerprint density at radius 3 is 2.39 bits per heavy atom. The van der Waals surface area contributed by atoms with Crippen LogP contribution in [0.1, 0.15) is 10.4 Å². The molecule has 4 aromatic rings. The molecule has 2 heterocycles. The second-order valence-electron chi connectivity index (χ2n) is 6.43. The standard InChI is InChI=1S/C21H15NO6/c1-25-16-4-10-3-13(21(23)24)20-12-6-18-19(28-9-27-18)7-15(12)22-8-14(20)11(10)5-17(16)26-2/h3-8H,9H2,1-2H3,(H,23,24). The molecule has 0 atom stereocenters. The number of carbonyl (C=O) groups is 1. The summed E-state index contributed by atoms with van der Waals surface area (Å²) in [5.74, 6) is 1.24. The summed E-state index contributed by atoms with van der Waals surface area (Å²) >= 11 is 0. The molecule has 1 N–H and O–H groups in total. The molecular formula is C21H15NO6. The van der Waals surface area contributed by atoms with E-state index in [2.05, 4.69) is 4.98 Å². The van der Waals surface area contributed by atoms with Gasteiger partial charge in [-0.15, -0.1) is 0 Å².